The Morgan fingerprint density at radius 1 is 0.810 bits per heavy atom. The first-order chi connectivity index (χ1) is 10.3. The zero-order valence-electron chi connectivity index (χ0n) is 12.0. The Labute approximate surface area is 124 Å². The van der Waals surface area contributed by atoms with Gasteiger partial charge in [0.15, 0.2) is 5.78 Å². The average Bonchev–Trinajstić information content (AvgIpc) is 3.01. The van der Waals surface area contributed by atoms with Gasteiger partial charge in [0.25, 0.3) is 0 Å². The molecule has 0 bridgehead atoms. The Kier molecular flexibility index (Phi) is 3.03. The van der Waals surface area contributed by atoms with Gasteiger partial charge in [0, 0.05) is 17.5 Å². The van der Waals surface area contributed by atoms with Gasteiger partial charge < -0.3 is 4.74 Å². The first kappa shape index (κ1) is 12.6. The van der Waals surface area contributed by atoms with Crippen LogP contribution in [0.3, 0.4) is 0 Å². The minimum atomic E-state index is 0.123. The second-order valence-corrected chi connectivity index (χ2v) is 5.94. The van der Waals surface area contributed by atoms with Gasteiger partial charge in [0.2, 0.25) is 0 Å². The van der Waals surface area contributed by atoms with Crippen LogP contribution in [0.25, 0.3) is 0 Å². The average molecular weight is 278 g/mol. The molecule has 2 aromatic carbocycles. The summed E-state index contributed by atoms with van der Waals surface area (Å²) in [4.78, 5) is 12.7. The molecule has 0 spiro atoms. The minimum Gasteiger partial charge on any atom is -0.493 e. The van der Waals surface area contributed by atoms with Crippen molar-refractivity contribution in [2.75, 3.05) is 6.61 Å². The summed E-state index contributed by atoms with van der Waals surface area (Å²) in [5.74, 6) is 1.05. The molecule has 0 saturated heterocycles. The summed E-state index contributed by atoms with van der Waals surface area (Å²) in [6, 6.07) is 12.0. The summed E-state index contributed by atoms with van der Waals surface area (Å²) < 4.78 is 5.50. The van der Waals surface area contributed by atoms with Crippen LogP contribution in [-0.4, -0.2) is 12.4 Å². The van der Waals surface area contributed by atoms with Crippen LogP contribution in [0, 0.1) is 0 Å². The highest BCUT2D eigenvalue weighted by atomic mass is 16.5. The van der Waals surface area contributed by atoms with Gasteiger partial charge in [0.05, 0.1) is 6.61 Å². The highest BCUT2D eigenvalue weighted by Crippen LogP contribution is 2.28. The lowest BCUT2D eigenvalue weighted by Gasteiger charge is -2.16. The maximum absolute atomic E-state index is 12.7. The second kappa shape index (κ2) is 5.03. The van der Waals surface area contributed by atoms with E-state index in [-0.39, 0.29) is 5.78 Å². The van der Waals surface area contributed by atoms with E-state index in [9.17, 15) is 4.79 Å². The topological polar surface area (TPSA) is 26.3 Å². The molecule has 2 nitrogen and oxygen atoms in total. The third kappa shape index (κ3) is 2.25. The smallest absolute Gasteiger partial charge is 0.193 e. The predicted octanol–water partition coefficient (Wildman–Crippen LogP) is 3.73. The van der Waals surface area contributed by atoms with Crippen LogP contribution in [0.15, 0.2) is 36.4 Å². The zero-order valence-corrected chi connectivity index (χ0v) is 12.0. The molecule has 1 aliphatic carbocycles. The standard InChI is InChI=1S/C19H18O2/c20-19(17-7-8-18-15(12-17)9-10-21-18)16-6-5-13-3-1-2-4-14(13)11-16/h5-8,11-12H,1-4,9-10H2. The molecule has 1 heterocycles. The molecular formula is C19H18O2. The maximum Gasteiger partial charge on any atom is 0.193 e. The van der Waals surface area contributed by atoms with E-state index < -0.39 is 0 Å². The van der Waals surface area contributed by atoms with Gasteiger partial charge in [-0.05, 0) is 66.6 Å². The monoisotopic (exact) mass is 278 g/mol. The lowest BCUT2D eigenvalue weighted by Crippen LogP contribution is -2.07. The van der Waals surface area contributed by atoms with Crippen molar-refractivity contribution >= 4 is 5.78 Å². The largest absolute Gasteiger partial charge is 0.493 e. The van der Waals surface area contributed by atoms with Gasteiger partial charge in [-0.1, -0.05) is 12.1 Å². The molecule has 4 rings (SSSR count). The Morgan fingerprint density at radius 3 is 2.38 bits per heavy atom. The quantitative estimate of drug-likeness (QED) is 0.782. The number of aryl methyl sites for hydroxylation is 2. The summed E-state index contributed by atoms with van der Waals surface area (Å²) in [5, 5.41) is 0. The fourth-order valence-corrected chi connectivity index (χ4v) is 3.37. The van der Waals surface area contributed by atoms with E-state index in [0.29, 0.717) is 0 Å². The summed E-state index contributed by atoms with van der Waals surface area (Å²) in [7, 11) is 0. The maximum atomic E-state index is 12.7. The normalized spacial score (nSPS) is 16.0. The molecular weight excluding hydrogens is 260 g/mol. The number of carbonyl (C=O) groups excluding carboxylic acids is 1. The molecule has 1 aliphatic heterocycles. The predicted molar refractivity (Wildman–Crippen MR) is 82.2 cm³/mol. The number of hydrogen-bond donors (Lipinski definition) is 0. The zero-order chi connectivity index (χ0) is 14.2. The van der Waals surface area contributed by atoms with E-state index in [1.807, 2.05) is 24.3 Å². The third-order valence-electron chi connectivity index (χ3n) is 4.56. The molecule has 2 aliphatic rings. The highest BCUT2D eigenvalue weighted by Gasteiger charge is 2.17. The molecule has 0 N–H and O–H groups in total. The van der Waals surface area contributed by atoms with E-state index in [2.05, 4.69) is 12.1 Å². The highest BCUT2D eigenvalue weighted by molar-refractivity contribution is 6.09. The number of ketones is 1. The van der Waals surface area contributed by atoms with Crippen LogP contribution in [0.5, 0.6) is 5.75 Å². The number of benzene rings is 2. The van der Waals surface area contributed by atoms with Crippen LogP contribution in [0.1, 0.15) is 45.5 Å². The van der Waals surface area contributed by atoms with E-state index in [1.165, 1.54) is 24.0 Å². The van der Waals surface area contributed by atoms with E-state index in [0.717, 1.165) is 48.3 Å². The fraction of sp³-hybridized carbons (Fsp3) is 0.316. The van der Waals surface area contributed by atoms with Crippen molar-refractivity contribution in [2.45, 2.75) is 32.1 Å². The first-order valence-corrected chi connectivity index (χ1v) is 7.73. The molecule has 21 heavy (non-hydrogen) atoms. The molecule has 0 fully saturated rings. The van der Waals surface area contributed by atoms with Gasteiger partial charge in [-0.15, -0.1) is 0 Å². The summed E-state index contributed by atoms with van der Waals surface area (Å²) in [6.07, 6.45) is 5.67. The number of carbonyl (C=O) groups is 1. The van der Waals surface area contributed by atoms with Crippen molar-refractivity contribution in [3.63, 3.8) is 0 Å². The molecule has 0 aromatic heterocycles. The van der Waals surface area contributed by atoms with Crippen molar-refractivity contribution < 1.29 is 9.53 Å². The van der Waals surface area contributed by atoms with E-state index in [4.69, 9.17) is 4.74 Å². The van der Waals surface area contributed by atoms with Gasteiger partial charge in [0.1, 0.15) is 5.75 Å². The van der Waals surface area contributed by atoms with Crippen LogP contribution >= 0.6 is 0 Å². The number of hydrogen-bond acceptors (Lipinski definition) is 2. The van der Waals surface area contributed by atoms with Crippen molar-refractivity contribution in [1.82, 2.24) is 0 Å². The Bertz CT molecular complexity index is 716. The van der Waals surface area contributed by atoms with Gasteiger partial charge in [-0.3, -0.25) is 4.79 Å². The van der Waals surface area contributed by atoms with Crippen molar-refractivity contribution in [2.24, 2.45) is 0 Å². The molecule has 2 aromatic rings. The number of ether oxygens (including phenoxy) is 1. The molecule has 106 valence electrons. The lowest BCUT2D eigenvalue weighted by atomic mass is 9.89. The van der Waals surface area contributed by atoms with Crippen molar-refractivity contribution in [1.29, 1.82) is 0 Å². The van der Waals surface area contributed by atoms with Crippen molar-refractivity contribution in [3.05, 3.63) is 64.2 Å². The summed E-state index contributed by atoms with van der Waals surface area (Å²) >= 11 is 0. The summed E-state index contributed by atoms with van der Waals surface area (Å²) in [6.45, 7) is 0.728. The Hall–Kier alpha value is -2.09. The second-order valence-electron chi connectivity index (χ2n) is 5.94. The first-order valence-electron chi connectivity index (χ1n) is 7.73. The van der Waals surface area contributed by atoms with Gasteiger partial charge in [-0.2, -0.15) is 0 Å². The third-order valence-corrected chi connectivity index (χ3v) is 4.56. The van der Waals surface area contributed by atoms with E-state index >= 15 is 0 Å². The molecule has 0 unspecified atom stereocenters. The molecule has 2 heteroatoms. The number of rotatable bonds is 2. The van der Waals surface area contributed by atoms with Gasteiger partial charge in [-0.25, -0.2) is 0 Å². The Morgan fingerprint density at radius 2 is 1.52 bits per heavy atom. The Balaban J connectivity index is 1.68. The fourth-order valence-electron chi connectivity index (χ4n) is 3.37. The van der Waals surface area contributed by atoms with Crippen molar-refractivity contribution in [3.8, 4) is 5.75 Å². The minimum absolute atomic E-state index is 0.123. The van der Waals surface area contributed by atoms with Gasteiger partial charge >= 0.3 is 0 Å². The number of fused-ring (bicyclic) bond motifs is 2. The van der Waals surface area contributed by atoms with Crippen LogP contribution in [0.2, 0.25) is 0 Å². The lowest BCUT2D eigenvalue weighted by molar-refractivity contribution is 0.103. The molecule has 0 atom stereocenters. The SMILES string of the molecule is O=C(c1ccc2c(c1)CCCC2)c1ccc2c(c1)CCO2. The van der Waals surface area contributed by atoms with E-state index in [1.54, 1.807) is 0 Å². The van der Waals surface area contributed by atoms with Crippen LogP contribution in [0.4, 0.5) is 0 Å². The summed E-state index contributed by atoms with van der Waals surface area (Å²) in [5.41, 5.74) is 5.51. The van der Waals surface area contributed by atoms with Crippen LogP contribution < -0.4 is 4.74 Å². The molecule has 0 amide bonds. The molecule has 0 saturated carbocycles. The molecule has 0 radical (unpaired) electrons. The van der Waals surface area contributed by atoms with Crippen LogP contribution in [-0.2, 0) is 19.3 Å².